The molecular weight excluding hydrogens is 222 g/mol. The minimum atomic E-state index is 0. The summed E-state index contributed by atoms with van der Waals surface area (Å²) in [6, 6.07) is 5.60. The van der Waals surface area contributed by atoms with Crippen LogP contribution in [0.4, 0.5) is 0 Å². The Morgan fingerprint density at radius 2 is 1.92 bits per heavy atom. The van der Waals surface area contributed by atoms with Gasteiger partial charge in [0, 0.05) is 24.4 Å². The van der Waals surface area contributed by atoms with Crippen LogP contribution in [-0.4, -0.2) is 5.11 Å². The maximum atomic E-state index is 9.49. The summed E-state index contributed by atoms with van der Waals surface area (Å²) in [6.07, 6.45) is 0. The molecule has 0 aliphatic carbocycles. The second-order valence-electron chi connectivity index (χ2n) is 2.87. The van der Waals surface area contributed by atoms with Gasteiger partial charge in [-0.3, -0.25) is 0 Å². The van der Waals surface area contributed by atoms with Crippen LogP contribution in [0, 0.1) is 0 Å². The zero-order chi connectivity index (χ0) is 8.43. The van der Waals surface area contributed by atoms with E-state index in [1.807, 2.05) is 26.0 Å². The fourth-order valence-electron chi connectivity index (χ4n) is 1.01. The monoisotopic (exact) mass is 232 g/mol. The summed E-state index contributed by atoms with van der Waals surface area (Å²) in [4.78, 5) is 0.649. The third-order valence-corrected chi connectivity index (χ3v) is 2.03. The molecule has 1 N–H and O–H groups in total. The van der Waals surface area contributed by atoms with Crippen LogP contribution in [0.2, 0.25) is 0 Å². The van der Waals surface area contributed by atoms with Crippen molar-refractivity contribution < 1.29 is 24.6 Å². The average Bonchev–Trinajstić information content (AvgIpc) is 1.94. The van der Waals surface area contributed by atoms with Crippen LogP contribution >= 0.6 is 12.6 Å². The Hall–Kier alpha value is -0.00662. The molecule has 0 aliphatic heterocycles. The molecule has 0 spiro atoms. The second-order valence-corrected chi connectivity index (χ2v) is 3.35. The Balaban J connectivity index is 0.00000121. The zero-order valence-electron chi connectivity index (χ0n) is 7.41. The molecule has 0 amide bonds. The summed E-state index contributed by atoms with van der Waals surface area (Å²) in [5, 5.41) is 9.49. The summed E-state index contributed by atoms with van der Waals surface area (Å²) in [7, 11) is 0. The number of hydrogen-bond acceptors (Lipinski definition) is 2. The number of benzene rings is 1. The van der Waals surface area contributed by atoms with E-state index in [0.717, 1.165) is 5.56 Å². The predicted octanol–water partition coefficient (Wildman–Crippen LogP) is 2.80. The molecule has 0 fully saturated rings. The number of rotatable bonds is 1. The minimum Gasteiger partial charge on any atom is -0.506 e. The maximum absolute atomic E-state index is 9.49. The van der Waals surface area contributed by atoms with Crippen molar-refractivity contribution in [2.75, 3.05) is 0 Å². The second kappa shape index (κ2) is 4.88. The van der Waals surface area contributed by atoms with Crippen molar-refractivity contribution >= 4 is 12.6 Å². The standard InChI is InChI=1S/C9H12OS.Zn/c1-6(2)7-4-3-5-8(11)9(7)10;/h3-6,10-11H,1-2H3;. The number of para-hydroxylation sites is 1. The van der Waals surface area contributed by atoms with E-state index in [9.17, 15) is 5.11 Å². The first-order valence-corrected chi connectivity index (χ1v) is 4.08. The molecule has 0 atom stereocenters. The first kappa shape index (κ1) is 12.0. The Bertz CT molecular complexity index is 261. The van der Waals surface area contributed by atoms with Crippen LogP contribution in [0.25, 0.3) is 0 Å². The van der Waals surface area contributed by atoms with Gasteiger partial charge in [-0.1, -0.05) is 26.0 Å². The first-order chi connectivity index (χ1) is 5.13. The third-order valence-electron chi connectivity index (χ3n) is 1.67. The van der Waals surface area contributed by atoms with Gasteiger partial charge in [0.1, 0.15) is 5.75 Å². The largest absolute Gasteiger partial charge is 0.506 e. The summed E-state index contributed by atoms with van der Waals surface area (Å²) >= 11 is 4.11. The van der Waals surface area contributed by atoms with Gasteiger partial charge in [0.25, 0.3) is 0 Å². The molecule has 0 heterocycles. The van der Waals surface area contributed by atoms with Crippen molar-refractivity contribution in [1.82, 2.24) is 0 Å². The van der Waals surface area contributed by atoms with Crippen LogP contribution in [-0.2, 0) is 19.5 Å². The maximum Gasteiger partial charge on any atom is 0.132 e. The van der Waals surface area contributed by atoms with Gasteiger partial charge >= 0.3 is 0 Å². The number of aromatic hydroxyl groups is 1. The summed E-state index contributed by atoms with van der Waals surface area (Å²) in [5.74, 6) is 0.660. The fraction of sp³-hybridized carbons (Fsp3) is 0.333. The molecule has 0 radical (unpaired) electrons. The smallest absolute Gasteiger partial charge is 0.132 e. The van der Waals surface area contributed by atoms with E-state index in [4.69, 9.17) is 0 Å². The summed E-state index contributed by atoms with van der Waals surface area (Å²) in [5.41, 5.74) is 0.956. The van der Waals surface area contributed by atoms with Gasteiger partial charge in [-0.2, -0.15) is 0 Å². The van der Waals surface area contributed by atoms with Crippen molar-refractivity contribution in [3.05, 3.63) is 23.8 Å². The number of hydrogen-bond donors (Lipinski definition) is 2. The molecule has 0 saturated carbocycles. The van der Waals surface area contributed by atoms with Crippen LogP contribution in [0.15, 0.2) is 23.1 Å². The van der Waals surface area contributed by atoms with Crippen molar-refractivity contribution in [2.45, 2.75) is 24.7 Å². The Morgan fingerprint density at radius 3 is 2.33 bits per heavy atom. The van der Waals surface area contributed by atoms with Gasteiger partial charge in [0.05, 0.1) is 0 Å². The Kier molecular flexibility index (Phi) is 4.88. The van der Waals surface area contributed by atoms with Crippen molar-refractivity contribution in [3.63, 3.8) is 0 Å². The number of thiol groups is 1. The molecule has 1 aromatic carbocycles. The van der Waals surface area contributed by atoms with Crippen molar-refractivity contribution in [3.8, 4) is 5.75 Å². The molecule has 12 heavy (non-hydrogen) atoms. The average molecular weight is 234 g/mol. The van der Waals surface area contributed by atoms with Gasteiger partial charge in [-0.05, 0) is 17.5 Å². The normalized spacial score (nSPS) is 9.67. The molecule has 0 aromatic heterocycles. The van der Waals surface area contributed by atoms with Gasteiger partial charge in [-0.25, -0.2) is 0 Å². The van der Waals surface area contributed by atoms with E-state index >= 15 is 0 Å². The fourth-order valence-corrected chi connectivity index (χ4v) is 1.23. The van der Waals surface area contributed by atoms with E-state index in [2.05, 4.69) is 12.6 Å². The van der Waals surface area contributed by atoms with E-state index in [0.29, 0.717) is 16.6 Å². The van der Waals surface area contributed by atoms with Crippen LogP contribution in [0.5, 0.6) is 5.75 Å². The van der Waals surface area contributed by atoms with Crippen molar-refractivity contribution in [2.24, 2.45) is 0 Å². The molecule has 62 valence electrons. The quantitative estimate of drug-likeness (QED) is 0.565. The van der Waals surface area contributed by atoms with Gasteiger partial charge in [0.2, 0.25) is 0 Å². The van der Waals surface area contributed by atoms with E-state index in [1.54, 1.807) is 6.07 Å². The molecule has 1 nitrogen and oxygen atoms in total. The van der Waals surface area contributed by atoms with E-state index in [1.165, 1.54) is 0 Å². The number of phenols is 1. The molecule has 1 rings (SSSR count). The van der Waals surface area contributed by atoms with Crippen LogP contribution < -0.4 is 0 Å². The third kappa shape index (κ3) is 2.50. The predicted molar refractivity (Wildman–Crippen MR) is 49.4 cm³/mol. The van der Waals surface area contributed by atoms with Crippen LogP contribution in [0.3, 0.4) is 0 Å². The zero-order valence-corrected chi connectivity index (χ0v) is 11.3. The topological polar surface area (TPSA) is 20.2 Å². The van der Waals surface area contributed by atoms with Gasteiger partial charge in [0.15, 0.2) is 0 Å². The number of phenolic OH excluding ortho intramolecular Hbond substituents is 1. The molecule has 0 unspecified atom stereocenters. The Labute approximate surface area is 91.4 Å². The molecular formula is C9H12OSZn. The first-order valence-electron chi connectivity index (χ1n) is 3.63. The molecule has 0 saturated heterocycles. The van der Waals surface area contributed by atoms with Gasteiger partial charge in [-0.15, -0.1) is 12.6 Å². The summed E-state index contributed by atoms with van der Waals surface area (Å²) in [6.45, 7) is 4.09. The van der Waals surface area contributed by atoms with E-state index in [-0.39, 0.29) is 19.5 Å². The SMILES string of the molecule is CC(C)c1cccc(S)c1O.[Zn]. The molecule has 0 aliphatic rings. The van der Waals surface area contributed by atoms with Gasteiger partial charge < -0.3 is 5.11 Å². The van der Waals surface area contributed by atoms with E-state index < -0.39 is 0 Å². The minimum absolute atomic E-state index is 0. The van der Waals surface area contributed by atoms with Crippen molar-refractivity contribution in [1.29, 1.82) is 0 Å². The summed E-state index contributed by atoms with van der Waals surface area (Å²) < 4.78 is 0. The van der Waals surface area contributed by atoms with Crippen LogP contribution in [0.1, 0.15) is 25.3 Å². The molecule has 1 aromatic rings. The Morgan fingerprint density at radius 1 is 1.33 bits per heavy atom. The molecule has 0 bridgehead atoms. The molecule has 3 heteroatoms.